The second-order valence-corrected chi connectivity index (χ2v) is 9.30. The van der Waals surface area contributed by atoms with Crippen LogP contribution in [0.4, 0.5) is 5.69 Å². The number of hydrogen-bond donors (Lipinski definition) is 0. The first kappa shape index (κ1) is 19.7. The van der Waals surface area contributed by atoms with E-state index in [0.29, 0.717) is 10.6 Å². The molecule has 2 nitrogen and oxygen atoms in total. The lowest BCUT2D eigenvalue weighted by Gasteiger charge is -2.51. The van der Waals surface area contributed by atoms with Gasteiger partial charge in [0.25, 0.3) is 5.91 Å². The first-order valence-electron chi connectivity index (χ1n) is 9.99. The van der Waals surface area contributed by atoms with Gasteiger partial charge < -0.3 is 4.90 Å². The molecule has 1 heterocycles. The molecule has 148 valence electrons. The van der Waals surface area contributed by atoms with E-state index in [2.05, 4.69) is 70.2 Å². The highest BCUT2D eigenvalue weighted by atomic mass is 35.5. The Hall–Kier alpha value is -2.58. The van der Waals surface area contributed by atoms with Gasteiger partial charge in [0, 0.05) is 27.2 Å². The predicted octanol–water partition coefficient (Wildman–Crippen LogP) is 6.78. The van der Waals surface area contributed by atoms with Crippen molar-refractivity contribution >= 4 is 23.2 Å². The maximum absolute atomic E-state index is 13.6. The highest BCUT2D eigenvalue weighted by Crippen LogP contribution is 2.51. The zero-order chi connectivity index (χ0) is 20.8. The van der Waals surface area contributed by atoms with Crippen LogP contribution in [0.15, 0.2) is 72.8 Å². The minimum absolute atomic E-state index is 0.0160. The number of fused-ring (bicyclic) bond motifs is 1. The normalized spacial score (nSPS) is 20.2. The van der Waals surface area contributed by atoms with Gasteiger partial charge in [-0.15, -0.1) is 0 Å². The van der Waals surface area contributed by atoms with Gasteiger partial charge in [0.15, 0.2) is 0 Å². The maximum atomic E-state index is 13.6. The van der Waals surface area contributed by atoms with Gasteiger partial charge in [-0.2, -0.15) is 0 Å². The Bertz CT molecular complexity index is 1070. The lowest BCUT2D eigenvalue weighted by Crippen LogP contribution is -2.55. The van der Waals surface area contributed by atoms with Crippen LogP contribution in [-0.2, 0) is 5.41 Å². The molecule has 4 rings (SSSR count). The smallest absolute Gasteiger partial charge is 0.258 e. The number of amides is 1. The highest BCUT2D eigenvalue weighted by molar-refractivity contribution is 6.31. The van der Waals surface area contributed by atoms with Gasteiger partial charge in [-0.05, 0) is 62.6 Å². The molecule has 0 bridgehead atoms. The Labute approximate surface area is 178 Å². The van der Waals surface area contributed by atoms with E-state index < -0.39 is 0 Å². The fraction of sp³-hybridized carbons (Fsp3) is 0.269. The molecule has 1 atom stereocenters. The summed E-state index contributed by atoms with van der Waals surface area (Å²) in [6, 6.07) is 24.2. The van der Waals surface area contributed by atoms with Gasteiger partial charge in [0.2, 0.25) is 0 Å². The number of halogens is 1. The van der Waals surface area contributed by atoms with Crippen LogP contribution >= 0.6 is 11.6 Å². The average molecular weight is 404 g/mol. The zero-order valence-electron chi connectivity index (χ0n) is 17.4. The molecule has 1 aliphatic rings. The van der Waals surface area contributed by atoms with E-state index in [1.54, 1.807) is 12.1 Å². The Morgan fingerprint density at radius 1 is 0.931 bits per heavy atom. The van der Waals surface area contributed by atoms with Crippen LogP contribution in [0.1, 0.15) is 54.2 Å². The third kappa shape index (κ3) is 3.36. The summed E-state index contributed by atoms with van der Waals surface area (Å²) in [6.45, 7) is 8.71. The van der Waals surface area contributed by atoms with E-state index in [0.717, 1.165) is 12.1 Å². The van der Waals surface area contributed by atoms with Crippen LogP contribution in [-0.4, -0.2) is 11.4 Å². The lowest BCUT2D eigenvalue weighted by atomic mass is 9.65. The molecule has 0 spiro atoms. The molecule has 1 aliphatic heterocycles. The Balaban J connectivity index is 1.92. The largest absolute Gasteiger partial charge is 0.302 e. The Morgan fingerprint density at radius 3 is 2.34 bits per heavy atom. The van der Waals surface area contributed by atoms with Crippen molar-refractivity contribution in [3.8, 4) is 0 Å². The van der Waals surface area contributed by atoms with E-state index >= 15 is 0 Å². The first-order valence-corrected chi connectivity index (χ1v) is 10.4. The number of rotatable bonds is 2. The number of anilines is 1. The molecule has 1 amide bonds. The van der Waals surface area contributed by atoms with E-state index in [4.69, 9.17) is 11.6 Å². The van der Waals surface area contributed by atoms with Crippen molar-refractivity contribution in [2.75, 3.05) is 4.90 Å². The molecule has 0 fully saturated rings. The maximum Gasteiger partial charge on any atom is 0.258 e. The molecule has 0 radical (unpaired) electrons. The molecule has 0 saturated carbocycles. The third-order valence-electron chi connectivity index (χ3n) is 6.06. The third-order valence-corrected chi connectivity index (χ3v) is 6.30. The van der Waals surface area contributed by atoms with Gasteiger partial charge in [0.1, 0.15) is 0 Å². The van der Waals surface area contributed by atoms with Gasteiger partial charge in [-0.25, -0.2) is 0 Å². The molecular weight excluding hydrogens is 378 g/mol. The molecule has 3 aromatic carbocycles. The SMILES string of the molecule is Cc1ccc2c(c1)C(C)(c1ccccc1)CC(C)(C)N2C(=O)c1cccc(Cl)c1. The van der Waals surface area contributed by atoms with E-state index in [1.165, 1.54) is 16.7 Å². The van der Waals surface area contributed by atoms with Crippen LogP contribution in [0, 0.1) is 6.92 Å². The average Bonchev–Trinajstić information content (AvgIpc) is 2.68. The number of carbonyl (C=O) groups is 1. The summed E-state index contributed by atoms with van der Waals surface area (Å²) < 4.78 is 0. The van der Waals surface area contributed by atoms with Crippen LogP contribution < -0.4 is 4.90 Å². The summed E-state index contributed by atoms with van der Waals surface area (Å²) in [5, 5.41) is 0.573. The predicted molar refractivity (Wildman–Crippen MR) is 121 cm³/mol. The number of aryl methyl sites for hydroxylation is 1. The van der Waals surface area contributed by atoms with Crippen molar-refractivity contribution in [1.82, 2.24) is 0 Å². The summed E-state index contributed by atoms with van der Waals surface area (Å²) in [6.07, 6.45) is 0.826. The van der Waals surface area contributed by atoms with Gasteiger partial charge in [0.05, 0.1) is 0 Å². The summed E-state index contributed by atoms with van der Waals surface area (Å²) >= 11 is 6.17. The second kappa shape index (κ2) is 7.03. The standard InChI is InChI=1S/C26H26ClNO/c1-18-13-14-23-22(15-18)26(4,20-10-6-5-7-11-20)17-25(2,3)28(23)24(29)19-9-8-12-21(27)16-19/h5-16H,17H2,1-4H3. The fourth-order valence-electron chi connectivity index (χ4n) is 4.85. The highest BCUT2D eigenvalue weighted by Gasteiger charge is 2.47. The van der Waals surface area contributed by atoms with Crippen molar-refractivity contribution in [2.24, 2.45) is 0 Å². The Kier molecular flexibility index (Phi) is 4.78. The van der Waals surface area contributed by atoms with Crippen molar-refractivity contribution in [3.05, 3.63) is 100 Å². The topological polar surface area (TPSA) is 20.3 Å². The van der Waals surface area contributed by atoms with Crippen LogP contribution in [0.2, 0.25) is 5.02 Å². The van der Waals surface area contributed by atoms with Crippen LogP contribution in [0.25, 0.3) is 0 Å². The lowest BCUT2D eigenvalue weighted by molar-refractivity contribution is 0.0948. The number of carbonyl (C=O) groups excluding carboxylic acids is 1. The molecular formula is C26H26ClNO. The summed E-state index contributed by atoms with van der Waals surface area (Å²) in [4.78, 5) is 15.6. The van der Waals surface area contributed by atoms with Gasteiger partial charge in [-0.1, -0.05) is 72.6 Å². The molecule has 0 aliphatic carbocycles. The quantitative estimate of drug-likeness (QED) is 0.461. The van der Waals surface area contributed by atoms with Gasteiger partial charge >= 0.3 is 0 Å². The molecule has 3 aromatic rings. The zero-order valence-corrected chi connectivity index (χ0v) is 18.1. The number of nitrogens with zero attached hydrogens (tertiary/aromatic N) is 1. The van der Waals surface area contributed by atoms with Gasteiger partial charge in [-0.3, -0.25) is 4.79 Å². The minimum Gasteiger partial charge on any atom is -0.302 e. The van der Waals surface area contributed by atoms with E-state index in [9.17, 15) is 4.79 Å². The summed E-state index contributed by atoms with van der Waals surface area (Å²) in [5.41, 5.74) is 4.70. The second-order valence-electron chi connectivity index (χ2n) is 8.86. The van der Waals surface area contributed by atoms with Crippen LogP contribution in [0.5, 0.6) is 0 Å². The first-order chi connectivity index (χ1) is 13.7. The number of benzene rings is 3. The minimum atomic E-state index is -0.369. The van der Waals surface area contributed by atoms with Crippen LogP contribution in [0.3, 0.4) is 0 Å². The Morgan fingerprint density at radius 2 is 1.66 bits per heavy atom. The summed E-state index contributed by atoms with van der Waals surface area (Å²) in [7, 11) is 0. The van der Waals surface area contributed by atoms with E-state index in [1.807, 2.05) is 23.1 Å². The molecule has 1 unspecified atom stereocenters. The summed E-state index contributed by atoms with van der Waals surface area (Å²) in [5.74, 6) is -0.0160. The van der Waals surface area contributed by atoms with Crippen molar-refractivity contribution < 1.29 is 4.79 Å². The molecule has 0 N–H and O–H groups in total. The molecule has 0 aromatic heterocycles. The molecule has 0 saturated heterocycles. The molecule has 29 heavy (non-hydrogen) atoms. The van der Waals surface area contributed by atoms with Crippen molar-refractivity contribution in [1.29, 1.82) is 0 Å². The fourth-order valence-corrected chi connectivity index (χ4v) is 5.04. The number of hydrogen-bond acceptors (Lipinski definition) is 1. The van der Waals surface area contributed by atoms with Crippen molar-refractivity contribution in [2.45, 2.75) is 45.1 Å². The van der Waals surface area contributed by atoms with E-state index in [-0.39, 0.29) is 16.9 Å². The monoisotopic (exact) mass is 403 g/mol. The molecule has 3 heteroatoms. The van der Waals surface area contributed by atoms with Crippen molar-refractivity contribution in [3.63, 3.8) is 0 Å².